The number of hydrogen-bond acceptors (Lipinski definition) is 2. The highest BCUT2D eigenvalue weighted by Gasteiger charge is 2.14. The number of rotatable bonds is 3. The number of halogens is 3. The Morgan fingerprint density at radius 1 is 1.15 bits per heavy atom. The summed E-state index contributed by atoms with van der Waals surface area (Å²) in [4.78, 5) is 0. The Hall–Kier alpha value is -1.62. The van der Waals surface area contributed by atoms with Gasteiger partial charge in [0.1, 0.15) is 17.4 Å². The Balaban J connectivity index is 2.27. The molecule has 0 saturated carbocycles. The fourth-order valence-corrected chi connectivity index (χ4v) is 2.28. The number of hydrogen-bond donors (Lipinski definition) is 2. The van der Waals surface area contributed by atoms with Gasteiger partial charge in [0.25, 0.3) is 0 Å². The third-order valence-corrected chi connectivity index (χ3v) is 3.64. The monoisotopic (exact) mass is 341 g/mol. The van der Waals surface area contributed by atoms with Crippen LogP contribution in [-0.2, 0) is 0 Å². The van der Waals surface area contributed by atoms with Crippen molar-refractivity contribution in [2.75, 3.05) is 5.32 Å². The van der Waals surface area contributed by atoms with Crippen molar-refractivity contribution in [2.45, 2.75) is 19.9 Å². The molecule has 0 aliphatic rings. The van der Waals surface area contributed by atoms with Gasteiger partial charge in [-0.2, -0.15) is 0 Å². The van der Waals surface area contributed by atoms with Crippen LogP contribution < -0.4 is 5.32 Å². The molecule has 0 fully saturated rings. The summed E-state index contributed by atoms with van der Waals surface area (Å²) in [6.07, 6.45) is 0. The minimum absolute atomic E-state index is 0.0539. The molecule has 2 N–H and O–H groups in total. The minimum Gasteiger partial charge on any atom is -0.508 e. The van der Waals surface area contributed by atoms with Gasteiger partial charge in [0.2, 0.25) is 0 Å². The first-order chi connectivity index (χ1) is 9.38. The van der Waals surface area contributed by atoms with Crippen LogP contribution in [0.15, 0.2) is 34.8 Å². The van der Waals surface area contributed by atoms with Gasteiger partial charge in [-0.05, 0) is 47.5 Å². The number of nitrogens with one attached hydrogen (secondary N) is 1. The summed E-state index contributed by atoms with van der Waals surface area (Å²) in [6, 6.07) is 7.04. The maximum absolute atomic E-state index is 13.7. The number of phenolic OH excluding ortho intramolecular Hbond substituents is 1. The lowest BCUT2D eigenvalue weighted by molar-refractivity contribution is 0.465. The molecule has 1 unspecified atom stereocenters. The van der Waals surface area contributed by atoms with Crippen molar-refractivity contribution in [3.8, 4) is 5.75 Å². The van der Waals surface area contributed by atoms with E-state index in [0.717, 1.165) is 17.7 Å². The van der Waals surface area contributed by atoms with Gasteiger partial charge in [-0.1, -0.05) is 12.1 Å². The van der Waals surface area contributed by atoms with Gasteiger partial charge in [0, 0.05) is 11.6 Å². The summed E-state index contributed by atoms with van der Waals surface area (Å²) < 4.78 is 27.3. The first kappa shape index (κ1) is 14.8. The van der Waals surface area contributed by atoms with Crippen molar-refractivity contribution < 1.29 is 13.9 Å². The lowest BCUT2D eigenvalue weighted by Gasteiger charge is -2.18. The van der Waals surface area contributed by atoms with Crippen molar-refractivity contribution in [1.82, 2.24) is 0 Å². The summed E-state index contributed by atoms with van der Waals surface area (Å²) >= 11 is 2.93. The molecule has 0 aliphatic heterocycles. The summed E-state index contributed by atoms with van der Waals surface area (Å²) in [7, 11) is 0. The Kier molecular flexibility index (Phi) is 4.28. The molecule has 106 valence electrons. The zero-order chi connectivity index (χ0) is 14.9. The topological polar surface area (TPSA) is 32.3 Å². The Bertz CT molecular complexity index is 646. The third-order valence-electron chi connectivity index (χ3n) is 3.03. The van der Waals surface area contributed by atoms with Crippen LogP contribution in [0.1, 0.15) is 24.1 Å². The van der Waals surface area contributed by atoms with E-state index in [-0.39, 0.29) is 22.0 Å². The lowest BCUT2D eigenvalue weighted by atomic mass is 10.0. The number of phenols is 1. The lowest BCUT2D eigenvalue weighted by Crippen LogP contribution is -2.08. The van der Waals surface area contributed by atoms with E-state index in [1.165, 1.54) is 0 Å². The molecule has 2 aromatic rings. The van der Waals surface area contributed by atoms with Crippen LogP contribution in [-0.4, -0.2) is 5.11 Å². The van der Waals surface area contributed by atoms with Crippen molar-refractivity contribution in [3.63, 3.8) is 0 Å². The fourth-order valence-electron chi connectivity index (χ4n) is 1.96. The average molecular weight is 342 g/mol. The molecule has 0 spiro atoms. The maximum Gasteiger partial charge on any atom is 0.147 e. The molecule has 0 aromatic heterocycles. The van der Waals surface area contributed by atoms with E-state index in [1.807, 2.05) is 13.0 Å². The number of benzene rings is 2. The molecule has 0 heterocycles. The largest absolute Gasteiger partial charge is 0.508 e. The predicted molar refractivity (Wildman–Crippen MR) is 78.9 cm³/mol. The van der Waals surface area contributed by atoms with Gasteiger partial charge in [-0.3, -0.25) is 0 Å². The van der Waals surface area contributed by atoms with Crippen LogP contribution in [0.5, 0.6) is 5.75 Å². The highest BCUT2D eigenvalue weighted by Crippen LogP contribution is 2.30. The van der Waals surface area contributed by atoms with E-state index >= 15 is 0 Å². The second-order valence-corrected chi connectivity index (χ2v) is 5.53. The van der Waals surface area contributed by atoms with Crippen molar-refractivity contribution in [2.24, 2.45) is 0 Å². The van der Waals surface area contributed by atoms with Gasteiger partial charge >= 0.3 is 0 Å². The van der Waals surface area contributed by atoms with E-state index in [0.29, 0.717) is 5.56 Å². The van der Waals surface area contributed by atoms with Gasteiger partial charge in [0.15, 0.2) is 0 Å². The van der Waals surface area contributed by atoms with Crippen LogP contribution in [0.4, 0.5) is 14.5 Å². The summed E-state index contributed by atoms with van der Waals surface area (Å²) in [5.41, 5.74) is 1.61. The van der Waals surface area contributed by atoms with Crippen LogP contribution in [0, 0.1) is 18.6 Å². The molecule has 0 radical (unpaired) electrons. The van der Waals surface area contributed by atoms with E-state index in [9.17, 15) is 13.9 Å². The van der Waals surface area contributed by atoms with Crippen LogP contribution in [0.2, 0.25) is 0 Å². The van der Waals surface area contributed by atoms with E-state index in [4.69, 9.17) is 0 Å². The second kappa shape index (κ2) is 5.79. The smallest absolute Gasteiger partial charge is 0.147 e. The molecule has 0 bridgehead atoms. The molecule has 2 nitrogen and oxygen atoms in total. The van der Waals surface area contributed by atoms with Gasteiger partial charge in [0.05, 0.1) is 16.2 Å². The molecule has 2 aromatic carbocycles. The van der Waals surface area contributed by atoms with Gasteiger partial charge in [-0.25, -0.2) is 8.78 Å². The van der Waals surface area contributed by atoms with Crippen LogP contribution >= 0.6 is 15.9 Å². The highest BCUT2D eigenvalue weighted by atomic mass is 79.9. The summed E-state index contributed by atoms with van der Waals surface area (Å²) in [6.45, 7) is 3.63. The first-order valence-electron chi connectivity index (χ1n) is 6.09. The Labute approximate surface area is 124 Å². The molecule has 2 rings (SSSR count). The molecule has 5 heteroatoms. The first-order valence-corrected chi connectivity index (χ1v) is 6.88. The molecule has 20 heavy (non-hydrogen) atoms. The normalized spacial score (nSPS) is 12.2. The van der Waals surface area contributed by atoms with E-state index in [1.54, 1.807) is 19.1 Å². The van der Waals surface area contributed by atoms with Crippen molar-refractivity contribution in [3.05, 3.63) is 57.6 Å². The Morgan fingerprint density at radius 3 is 2.50 bits per heavy atom. The number of aryl methyl sites for hydroxylation is 1. The van der Waals surface area contributed by atoms with E-state index < -0.39 is 11.6 Å². The Morgan fingerprint density at radius 2 is 1.85 bits per heavy atom. The number of aromatic hydroxyl groups is 1. The molecule has 0 saturated heterocycles. The molecule has 0 amide bonds. The SMILES string of the molecule is Cc1ccc(C(C)Nc2cc(F)c(Br)cc2F)c(O)c1. The van der Waals surface area contributed by atoms with Gasteiger partial charge in [-0.15, -0.1) is 0 Å². The number of anilines is 1. The average Bonchev–Trinajstić information content (AvgIpc) is 2.35. The maximum atomic E-state index is 13.7. The highest BCUT2D eigenvalue weighted by molar-refractivity contribution is 9.10. The molecule has 0 aliphatic carbocycles. The third kappa shape index (κ3) is 3.10. The summed E-state index contributed by atoms with van der Waals surface area (Å²) in [5.74, 6) is -0.978. The summed E-state index contributed by atoms with van der Waals surface area (Å²) in [5, 5.41) is 12.8. The zero-order valence-electron chi connectivity index (χ0n) is 11.0. The standard InChI is InChI=1S/C15H14BrF2NO/c1-8-3-4-10(15(20)5-8)9(2)19-14-7-12(17)11(16)6-13(14)18/h3-7,9,19-20H,1-2H3. The van der Waals surface area contributed by atoms with Gasteiger partial charge < -0.3 is 10.4 Å². The molecular formula is C15H14BrF2NO. The van der Waals surface area contributed by atoms with Crippen LogP contribution in [0.25, 0.3) is 0 Å². The van der Waals surface area contributed by atoms with E-state index in [2.05, 4.69) is 21.2 Å². The fraction of sp³-hybridized carbons (Fsp3) is 0.200. The van der Waals surface area contributed by atoms with Crippen molar-refractivity contribution >= 4 is 21.6 Å². The van der Waals surface area contributed by atoms with Crippen molar-refractivity contribution in [1.29, 1.82) is 0 Å². The zero-order valence-corrected chi connectivity index (χ0v) is 12.6. The quantitative estimate of drug-likeness (QED) is 0.777. The second-order valence-electron chi connectivity index (χ2n) is 4.67. The predicted octanol–water partition coefficient (Wildman–Crippen LogP) is 4.91. The molecular weight excluding hydrogens is 328 g/mol. The minimum atomic E-state index is -0.559. The van der Waals surface area contributed by atoms with Crippen LogP contribution in [0.3, 0.4) is 0 Å². The molecule has 1 atom stereocenters.